The number of ether oxygens (including phenoxy) is 1. The second kappa shape index (κ2) is 4.74. The molecule has 0 aliphatic carbocycles. The Morgan fingerprint density at radius 3 is 2.59 bits per heavy atom. The van der Waals surface area contributed by atoms with Crippen LogP contribution in [0.1, 0.15) is 5.69 Å². The molecular formula is C13H15N3O. The molecule has 88 valence electrons. The van der Waals surface area contributed by atoms with E-state index in [1.807, 2.05) is 37.3 Å². The molecule has 0 amide bonds. The summed E-state index contributed by atoms with van der Waals surface area (Å²) in [5.41, 5.74) is 9.17. The highest BCUT2D eigenvalue weighted by atomic mass is 16.5. The maximum Gasteiger partial charge on any atom is 0.160 e. The molecular weight excluding hydrogens is 214 g/mol. The van der Waals surface area contributed by atoms with Crippen molar-refractivity contribution in [3.8, 4) is 5.75 Å². The molecule has 2 rings (SSSR count). The van der Waals surface area contributed by atoms with E-state index in [0.29, 0.717) is 5.75 Å². The van der Waals surface area contributed by atoms with Gasteiger partial charge in [0, 0.05) is 17.1 Å². The van der Waals surface area contributed by atoms with E-state index in [2.05, 4.69) is 10.3 Å². The fraction of sp³-hybridized carbons (Fsp3) is 0.154. The van der Waals surface area contributed by atoms with Gasteiger partial charge in [-0.15, -0.1) is 0 Å². The predicted molar refractivity (Wildman–Crippen MR) is 69.7 cm³/mol. The van der Waals surface area contributed by atoms with Crippen molar-refractivity contribution in [2.24, 2.45) is 0 Å². The summed E-state index contributed by atoms with van der Waals surface area (Å²) in [4.78, 5) is 4.18. The number of nitrogens with two attached hydrogens (primary N) is 1. The van der Waals surface area contributed by atoms with Crippen molar-refractivity contribution < 1.29 is 4.74 Å². The summed E-state index contributed by atoms with van der Waals surface area (Å²) in [6.07, 6.45) is 1.70. The zero-order valence-corrected chi connectivity index (χ0v) is 9.90. The number of nitrogen functional groups attached to an aromatic ring is 1. The average molecular weight is 229 g/mol. The van der Waals surface area contributed by atoms with Crippen LogP contribution in [0.4, 0.5) is 17.1 Å². The Hall–Kier alpha value is -2.23. The Bertz CT molecular complexity index is 509. The number of hydrogen-bond donors (Lipinski definition) is 2. The lowest BCUT2D eigenvalue weighted by molar-refractivity contribution is 0.415. The van der Waals surface area contributed by atoms with Crippen LogP contribution in [0.25, 0.3) is 0 Å². The van der Waals surface area contributed by atoms with E-state index in [0.717, 1.165) is 22.8 Å². The van der Waals surface area contributed by atoms with Gasteiger partial charge in [0.2, 0.25) is 0 Å². The van der Waals surface area contributed by atoms with Gasteiger partial charge in [0.25, 0.3) is 0 Å². The fourth-order valence-electron chi connectivity index (χ4n) is 1.53. The molecule has 0 aliphatic heterocycles. The number of hydrogen-bond acceptors (Lipinski definition) is 4. The van der Waals surface area contributed by atoms with Crippen LogP contribution in [0.5, 0.6) is 5.75 Å². The molecule has 0 saturated carbocycles. The van der Waals surface area contributed by atoms with Crippen LogP contribution in [0.2, 0.25) is 0 Å². The van der Waals surface area contributed by atoms with Crippen LogP contribution in [0, 0.1) is 6.92 Å². The molecule has 0 radical (unpaired) electrons. The van der Waals surface area contributed by atoms with E-state index < -0.39 is 0 Å². The predicted octanol–water partition coefficient (Wildman–Crippen LogP) is 2.72. The zero-order valence-electron chi connectivity index (χ0n) is 9.90. The molecule has 4 heteroatoms. The minimum Gasteiger partial charge on any atom is -0.493 e. The quantitative estimate of drug-likeness (QED) is 0.794. The van der Waals surface area contributed by atoms with Crippen LogP contribution >= 0.6 is 0 Å². The number of pyridine rings is 1. The minimum atomic E-state index is 0.715. The molecule has 0 atom stereocenters. The van der Waals surface area contributed by atoms with Crippen LogP contribution < -0.4 is 15.8 Å². The molecule has 0 unspecified atom stereocenters. The van der Waals surface area contributed by atoms with E-state index in [-0.39, 0.29) is 0 Å². The number of rotatable bonds is 3. The van der Waals surface area contributed by atoms with E-state index in [1.165, 1.54) is 0 Å². The summed E-state index contributed by atoms with van der Waals surface area (Å²) in [6.45, 7) is 1.94. The molecule has 1 aromatic heterocycles. The Morgan fingerprint density at radius 1 is 1.24 bits per heavy atom. The largest absolute Gasteiger partial charge is 0.493 e. The number of benzene rings is 1. The Balaban J connectivity index is 2.28. The van der Waals surface area contributed by atoms with Crippen molar-refractivity contribution in [1.82, 2.24) is 4.98 Å². The molecule has 0 spiro atoms. The van der Waals surface area contributed by atoms with Gasteiger partial charge in [-0.1, -0.05) is 0 Å². The van der Waals surface area contributed by atoms with Gasteiger partial charge in [-0.3, -0.25) is 4.98 Å². The Labute approximate surface area is 100 Å². The third-order valence-electron chi connectivity index (χ3n) is 2.41. The third kappa shape index (κ3) is 2.66. The number of nitrogens with one attached hydrogen (secondary N) is 1. The third-order valence-corrected chi connectivity index (χ3v) is 2.41. The molecule has 17 heavy (non-hydrogen) atoms. The van der Waals surface area contributed by atoms with Gasteiger partial charge < -0.3 is 15.8 Å². The van der Waals surface area contributed by atoms with Crippen molar-refractivity contribution in [2.45, 2.75) is 6.92 Å². The van der Waals surface area contributed by atoms with E-state index in [9.17, 15) is 0 Å². The summed E-state index contributed by atoms with van der Waals surface area (Å²) >= 11 is 0. The maximum atomic E-state index is 5.64. The number of anilines is 3. The standard InChI is InChI=1S/C13H15N3O/c1-9-7-12(13(17-2)8-15-9)16-11-5-3-10(14)4-6-11/h3-8H,14H2,1-2H3,(H,15,16). The van der Waals surface area contributed by atoms with Gasteiger partial charge >= 0.3 is 0 Å². The van der Waals surface area contributed by atoms with Crippen LogP contribution in [0.3, 0.4) is 0 Å². The summed E-state index contributed by atoms with van der Waals surface area (Å²) in [5.74, 6) is 0.715. The van der Waals surface area contributed by atoms with Crippen molar-refractivity contribution in [3.05, 3.63) is 42.2 Å². The Morgan fingerprint density at radius 2 is 1.94 bits per heavy atom. The monoisotopic (exact) mass is 229 g/mol. The molecule has 4 nitrogen and oxygen atoms in total. The van der Waals surface area contributed by atoms with Gasteiger partial charge in [0.1, 0.15) is 0 Å². The number of nitrogens with zero attached hydrogens (tertiary/aromatic N) is 1. The van der Waals surface area contributed by atoms with E-state index in [1.54, 1.807) is 13.3 Å². The first-order chi connectivity index (χ1) is 8.19. The topological polar surface area (TPSA) is 60.2 Å². The van der Waals surface area contributed by atoms with Gasteiger partial charge in [-0.25, -0.2) is 0 Å². The lowest BCUT2D eigenvalue weighted by Crippen LogP contribution is -1.97. The lowest BCUT2D eigenvalue weighted by atomic mass is 10.2. The van der Waals surface area contributed by atoms with Gasteiger partial charge in [0.05, 0.1) is 19.0 Å². The highest BCUT2D eigenvalue weighted by Crippen LogP contribution is 2.27. The van der Waals surface area contributed by atoms with Gasteiger partial charge in [0.15, 0.2) is 5.75 Å². The average Bonchev–Trinajstić information content (AvgIpc) is 2.32. The summed E-state index contributed by atoms with van der Waals surface area (Å²) in [5, 5.41) is 3.27. The highest BCUT2D eigenvalue weighted by molar-refractivity contribution is 5.67. The normalized spacial score (nSPS) is 10.0. The van der Waals surface area contributed by atoms with E-state index in [4.69, 9.17) is 10.5 Å². The second-order valence-corrected chi connectivity index (χ2v) is 3.77. The summed E-state index contributed by atoms with van der Waals surface area (Å²) in [7, 11) is 1.63. The number of aryl methyl sites for hydroxylation is 1. The number of methoxy groups -OCH3 is 1. The minimum absolute atomic E-state index is 0.715. The van der Waals surface area contributed by atoms with Crippen molar-refractivity contribution in [2.75, 3.05) is 18.2 Å². The molecule has 1 heterocycles. The van der Waals surface area contributed by atoms with Crippen LogP contribution in [0.15, 0.2) is 36.5 Å². The SMILES string of the molecule is COc1cnc(C)cc1Nc1ccc(N)cc1. The smallest absolute Gasteiger partial charge is 0.160 e. The van der Waals surface area contributed by atoms with Crippen molar-refractivity contribution in [1.29, 1.82) is 0 Å². The molecule has 1 aromatic carbocycles. The summed E-state index contributed by atoms with van der Waals surface area (Å²) < 4.78 is 5.25. The molecule has 2 aromatic rings. The van der Waals surface area contributed by atoms with Crippen molar-refractivity contribution in [3.63, 3.8) is 0 Å². The number of aromatic nitrogens is 1. The molecule has 3 N–H and O–H groups in total. The molecule has 0 bridgehead atoms. The molecule has 0 fully saturated rings. The Kier molecular flexibility index (Phi) is 3.14. The van der Waals surface area contributed by atoms with Crippen molar-refractivity contribution >= 4 is 17.1 Å². The second-order valence-electron chi connectivity index (χ2n) is 3.77. The van der Waals surface area contributed by atoms with Gasteiger partial charge in [-0.05, 0) is 37.3 Å². The molecule has 0 aliphatic rings. The first-order valence-corrected chi connectivity index (χ1v) is 5.32. The van der Waals surface area contributed by atoms with E-state index >= 15 is 0 Å². The summed E-state index contributed by atoms with van der Waals surface area (Å²) in [6, 6.07) is 9.48. The van der Waals surface area contributed by atoms with Gasteiger partial charge in [-0.2, -0.15) is 0 Å². The first-order valence-electron chi connectivity index (χ1n) is 5.32. The highest BCUT2D eigenvalue weighted by Gasteiger charge is 2.04. The lowest BCUT2D eigenvalue weighted by Gasteiger charge is -2.11. The maximum absolute atomic E-state index is 5.64. The zero-order chi connectivity index (χ0) is 12.3. The first kappa shape index (κ1) is 11.3. The fourth-order valence-corrected chi connectivity index (χ4v) is 1.53. The molecule has 0 saturated heterocycles. The van der Waals surface area contributed by atoms with Crippen LogP contribution in [-0.4, -0.2) is 12.1 Å². The van der Waals surface area contributed by atoms with Crippen LogP contribution in [-0.2, 0) is 0 Å².